The number of amides is 2. The molecular weight excluding hydrogens is 248 g/mol. The van der Waals surface area contributed by atoms with Crippen LogP contribution >= 0.6 is 0 Å². The van der Waals surface area contributed by atoms with E-state index in [1.165, 1.54) is 0 Å². The third kappa shape index (κ3) is 4.33. The highest BCUT2D eigenvalue weighted by Crippen LogP contribution is 2.20. The van der Waals surface area contributed by atoms with Gasteiger partial charge in [0, 0.05) is 13.2 Å². The van der Waals surface area contributed by atoms with Gasteiger partial charge in [-0.2, -0.15) is 0 Å². The summed E-state index contributed by atoms with van der Waals surface area (Å²) in [6.07, 6.45) is 2.22. The van der Waals surface area contributed by atoms with Crippen LogP contribution in [0.2, 0.25) is 0 Å². The Hall–Kier alpha value is -0.850. The van der Waals surface area contributed by atoms with Crippen molar-refractivity contribution in [2.45, 2.75) is 38.9 Å². The fraction of sp³-hybridized carbons (Fsp3) is 0.923. The van der Waals surface area contributed by atoms with Crippen LogP contribution in [-0.4, -0.2) is 56.0 Å². The highest BCUT2D eigenvalue weighted by Gasteiger charge is 2.32. The van der Waals surface area contributed by atoms with Crippen LogP contribution in [0.4, 0.5) is 4.79 Å². The van der Waals surface area contributed by atoms with Crippen molar-refractivity contribution >= 4 is 6.03 Å². The van der Waals surface area contributed by atoms with Crippen molar-refractivity contribution in [2.75, 3.05) is 32.9 Å². The lowest BCUT2D eigenvalue weighted by atomic mass is 10.1. The van der Waals surface area contributed by atoms with E-state index in [0.29, 0.717) is 32.2 Å². The van der Waals surface area contributed by atoms with Gasteiger partial charge in [0.2, 0.25) is 0 Å². The third-order valence-corrected chi connectivity index (χ3v) is 3.34. The maximum Gasteiger partial charge on any atom is 0.341 e. The summed E-state index contributed by atoms with van der Waals surface area (Å²) in [4.78, 5) is 18.8. The molecule has 2 aliphatic rings. The van der Waals surface area contributed by atoms with E-state index in [1.54, 1.807) is 4.90 Å². The van der Waals surface area contributed by atoms with Gasteiger partial charge in [0.05, 0.1) is 25.9 Å². The number of carbonyl (C=O) groups is 1. The van der Waals surface area contributed by atoms with Crippen LogP contribution < -0.4 is 5.48 Å². The van der Waals surface area contributed by atoms with Crippen molar-refractivity contribution in [1.29, 1.82) is 0 Å². The quantitative estimate of drug-likeness (QED) is 0.780. The normalized spacial score (nSPS) is 27.8. The molecule has 110 valence electrons. The Kier molecular flexibility index (Phi) is 5.42. The maximum atomic E-state index is 11.9. The van der Waals surface area contributed by atoms with Crippen LogP contribution in [0.5, 0.6) is 0 Å². The van der Waals surface area contributed by atoms with Crippen LogP contribution in [-0.2, 0) is 14.3 Å². The summed E-state index contributed by atoms with van der Waals surface area (Å²) in [5, 5.41) is 0. The number of urea groups is 1. The molecule has 0 aromatic heterocycles. The van der Waals surface area contributed by atoms with Crippen LogP contribution in [0.25, 0.3) is 0 Å². The predicted octanol–water partition coefficient (Wildman–Crippen LogP) is 1.16. The molecule has 2 heterocycles. The summed E-state index contributed by atoms with van der Waals surface area (Å²) < 4.78 is 11.3. The fourth-order valence-corrected chi connectivity index (χ4v) is 2.32. The summed E-state index contributed by atoms with van der Waals surface area (Å²) >= 11 is 0. The van der Waals surface area contributed by atoms with Gasteiger partial charge in [0.15, 0.2) is 0 Å². The lowest BCUT2D eigenvalue weighted by molar-refractivity contribution is -0.0883. The molecule has 6 heteroatoms. The minimum Gasteiger partial charge on any atom is -0.375 e. The SMILES string of the molecule is CC(C)CONC(=O)N1CCO[C@H]([C@@H]2CCCO2)C1. The van der Waals surface area contributed by atoms with Gasteiger partial charge >= 0.3 is 6.03 Å². The Morgan fingerprint density at radius 2 is 2.16 bits per heavy atom. The number of hydrogen-bond donors (Lipinski definition) is 1. The van der Waals surface area contributed by atoms with Crippen LogP contribution in [0, 0.1) is 5.92 Å². The molecule has 0 aliphatic carbocycles. The number of carbonyl (C=O) groups excluding carboxylic acids is 1. The Bertz CT molecular complexity index is 292. The Morgan fingerprint density at radius 3 is 2.84 bits per heavy atom. The van der Waals surface area contributed by atoms with E-state index in [4.69, 9.17) is 14.3 Å². The molecule has 0 aromatic rings. The molecule has 0 unspecified atom stereocenters. The second kappa shape index (κ2) is 7.07. The van der Waals surface area contributed by atoms with Crippen molar-refractivity contribution in [2.24, 2.45) is 5.92 Å². The van der Waals surface area contributed by atoms with E-state index in [0.717, 1.165) is 19.4 Å². The highest BCUT2D eigenvalue weighted by molar-refractivity contribution is 5.73. The molecule has 0 saturated carbocycles. The van der Waals surface area contributed by atoms with E-state index < -0.39 is 0 Å². The Morgan fingerprint density at radius 1 is 1.37 bits per heavy atom. The first-order valence-corrected chi connectivity index (χ1v) is 7.06. The average Bonchev–Trinajstić information content (AvgIpc) is 2.92. The molecule has 2 aliphatic heterocycles. The molecule has 0 bridgehead atoms. The van der Waals surface area contributed by atoms with Crippen LogP contribution in [0.1, 0.15) is 26.7 Å². The lowest BCUT2D eigenvalue weighted by Crippen LogP contribution is -2.52. The Balaban J connectivity index is 1.74. The number of rotatable bonds is 4. The smallest absolute Gasteiger partial charge is 0.341 e. The molecule has 2 fully saturated rings. The van der Waals surface area contributed by atoms with E-state index in [-0.39, 0.29) is 18.2 Å². The molecule has 2 atom stereocenters. The van der Waals surface area contributed by atoms with Crippen molar-refractivity contribution in [3.05, 3.63) is 0 Å². The summed E-state index contributed by atoms with van der Waals surface area (Å²) in [6.45, 7) is 7.12. The highest BCUT2D eigenvalue weighted by atomic mass is 16.7. The number of hydrogen-bond acceptors (Lipinski definition) is 4. The standard InChI is InChI=1S/C13H24N2O4/c1-10(2)9-19-14-13(16)15-5-7-18-12(8-15)11-4-3-6-17-11/h10-12H,3-9H2,1-2H3,(H,14,16)/t11-,12-/m0/s1. The summed E-state index contributed by atoms with van der Waals surface area (Å²) in [6, 6.07) is -0.188. The van der Waals surface area contributed by atoms with Crippen molar-refractivity contribution in [1.82, 2.24) is 10.4 Å². The van der Waals surface area contributed by atoms with Crippen molar-refractivity contribution in [3.63, 3.8) is 0 Å². The van der Waals surface area contributed by atoms with Gasteiger partial charge < -0.3 is 14.4 Å². The summed E-state index contributed by atoms with van der Waals surface area (Å²) in [5.74, 6) is 0.393. The molecule has 6 nitrogen and oxygen atoms in total. The molecule has 2 saturated heterocycles. The van der Waals surface area contributed by atoms with Gasteiger partial charge in [0.25, 0.3) is 0 Å². The number of morpholine rings is 1. The first kappa shape index (κ1) is 14.6. The number of nitrogens with one attached hydrogen (secondary N) is 1. The predicted molar refractivity (Wildman–Crippen MR) is 69.6 cm³/mol. The van der Waals surface area contributed by atoms with Crippen LogP contribution in [0.3, 0.4) is 0 Å². The van der Waals surface area contributed by atoms with Gasteiger partial charge in [0.1, 0.15) is 6.10 Å². The van der Waals surface area contributed by atoms with E-state index in [1.807, 2.05) is 13.8 Å². The lowest BCUT2D eigenvalue weighted by Gasteiger charge is -2.35. The Labute approximate surface area is 114 Å². The molecule has 2 rings (SSSR count). The zero-order valence-electron chi connectivity index (χ0n) is 11.8. The average molecular weight is 272 g/mol. The molecule has 0 aromatic carbocycles. The molecule has 2 amide bonds. The van der Waals surface area contributed by atoms with Gasteiger partial charge in [-0.25, -0.2) is 10.3 Å². The largest absolute Gasteiger partial charge is 0.375 e. The van der Waals surface area contributed by atoms with Gasteiger partial charge in [-0.15, -0.1) is 0 Å². The molecule has 0 radical (unpaired) electrons. The van der Waals surface area contributed by atoms with Crippen molar-refractivity contribution < 1.29 is 19.1 Å². The second-order valence-corrected chi connectivity index (χ2v) is 5.52. The third-order valence-electron chi connectivity index (χ3n) is 3.34. The fourth-order valence-electron chi connectivity index (χ4n) is 2.32. The molecule has 0 spiro atoms. The molecule has 1 N–H and O–H groups in total. The number of nitrogens with zero attached hydrogens (tertiary/aromatic N) is 1. The summed E-state index contributed by atoms with van der Waals surface area (Å²) in [5.41, 5.74) is 2.49. The van der Waals surface area contributed by atoms with E-state index in [2.05, 4.69) is 5.48 Å². The van der Waals surface area contributed by atoms with Crippen molar-refractivity contribution in [3.8, 4) is 0 Å². The zero-order chi connectivity index (χ0) is 13.7. The topological polar surface area (TPSA) is 60.0 Å². The minimum atomic E-state index is -0.188. The van der Waals surface area contributed by atoms with Gasteiger partial charge in [-0.1, -0.05) is 13.8 Å². The first-order valence-electron chi connectivity index (χ1n) is 7.06. The minimum absolute atomic E-state index is 0.00732. The van der Waals surface area contributed by atoms with Gasteiger partial charge in [-0.05, 0) is 18.8 Å². The summed E-state index contributed by atoms with van der Waals surface area (Å²) in [7, 11) is 0. The van der Waals surface area contributed by atoms with Gasteiger partial charge in [-0.3, -0.25) is 4.84 Å². The maximum absolute atomic E-state index is 11.9. The molecule has 19 heavy (non-hydrogen) atoms. The van der Waals surface area contributed by atoms with Crippen LogP contribution in [0.15, 0.2) is 0 Å². The van der Waals surface area contributed by atoms with E-state index in [9.17, 15) is 4.79 Å². The second-order valence-electron chi connectivity index (χ2n) is 5.52. The zero-order valence-corrected chi connectivity index (χ0v) is 11.8. The van der Waals surface area contributed by atoms with E-state index >= 15 is 0 Å². The molecular formula is C13H24N2O4. The monoisotopic (exact) mass is 272 g/mol. The number of ether oxygens (including phenoxy) is 2. The first-order chi connectivity index (χ1) is 9.16. The number of hydroxylamine groups is 1.